The molecule has 1 aliphatic rings. The molecule has 0 aromatic heterocycles. The molecule has 104 valence electrons. The van der Waals surface area contributed by atoms with E-state index in [4.69, 9.17) is 0 Å². The van der Waals surface area contributed by atoms with Gasteiger partial charge in [0, 0.05) is 18.5 Å². The van der Waals surface area contributed by atoms with Gasteiger partial charge in [0.05, 0.1) is 0 Å². The first kappa shape index (κ1) is 13.9. The summed E-state index contributed by atoms with van der Waals surface area (Å²) in [5.74, 6) is -0.772. The summed E-state index contributed by atoms with van der Waals surface area (Å²) in [5, 5.41) is 5.88. The van der Waals surface area contributed by atoms with Gasteiger partial charge in [-0.25, -0.2) is 8.78 Å². The predicted molar refractivity (Wildman–Crippen MR) is 68.4 cm³/mol. The van der Waals surface area contributed by atoms with Gasteiger partial charge in [-0.05, 0) is 50.0 Å². The third-order valence-electron chi connectivity index (χ3n) is 3.36. The zero-order chi connectivity index (χ0) is 13.7. The maximum Gasteiger partial charge on any atom is 0.220 e. The number of piperidine rings is 1. The van der Waals surface area contributed by atoms with Gasteiger partial charge in [-0.3, -0.25) is 4.79 Å². The summed E-state index contributed by atoms with van der Waals surface area (Å²) >= 11 is 0. The largest absolute Gasteiger partial charge is 0.352 e. The van der Waals surface area contributed by atoms with Gasteiger partial charge < -0.3 is 10.6 Å². The van der Waals surface area contributed by atoms with Crippen molar-refractivity contribution in [2.24, 2.45) is 5.92 Å². The highest BCUT2D eigenvalue weighted by Crippen LogP contribution is 2.14. The Morgan fingerprint density at radius 3 is 3.00 bits per heavy atom. The van der Waals surface area contributed by atoms with Crippen LogP contribution >= 0.6 is 0 Å². The lowest BCUT2D eigenvalue weighted by atomic mass is 9.96. The van der Waals surface area contributed by atoms with E-state index in [-0.39, 0.29) is 18.0 Å². The van der Waals surface area contributed by atoms with E-state index in [9.17, 15) is 13.6 Å². The lowest BCUT2D eigenvalue weighted by molar-refractivity contribution is -0.122. The molecule has 1 aliphatic heterocycles. The van der Waals surface area contributed by atoms with Crippen molar-refractivity contribution in [1.29, 1.82) is 0 Å². The van der Waals surface area contributed by atoms with Gasteiger partial charge in [0.25, 0.3) is 0 Å². The van der Waals surface area contributed by atoms with Crippen LogP contribution in [-0.2, 0) is 11.3 Å². The standard InChI is InChI=1S/C14H18F2N2O/c15-12-3-4-13(16)11(7-12)9-18-14(19)6-10-2-1-5-17-8-10/h3-4,7,10,17H,1-2,5-6,8-9H2,(H,18,19). The fraction of sp³-hybridized carbons (Fsp3) is 0.500. The number of halogens is 2. The van der Waals surface area contributed by atoms with Gasteiger partial charge in [0.1, 0.15) is 11.6 Å². The topological polar surface area (TPSA) is 41.1 Å². The highest BCUT2D eigenvalue weighted by molar-refractivity contribution is 5.76. The van der Waals surface area contributed by atoms with Crippen LogP contribution in [0.25, 0.3) is 0 Å². The molecule has 0 saturated carbocycles. The Labute approximate surface area is 111 Å². The number of carbonyl (C=O) groups is 1. The number of amides is 1. The van der Waals surface area contributed by atoms with Crippen molar-refractivity contribution >= 4 is 5.91 Å². The number of rotatable bonds is 4. The average molecular weight is 268 g/mol. The molecule has 0 aliphatic carbocycles. The lowest BCUT2D eigenvalue weighted by Gasteiger charge is -2.22. The van der Waals surface area contributed by atoms with Crippen LogP contribution in [-0.4, -0.2) is 19.0 Å². The Kier molecular flexibility index (Phi) is 4.85. The van der Waals surface area contributed by atoms with Crippen LogP contribution in [0.1, 0.15) is 24.8 Å². The van der Waals surface area contributed by atoms with Crippen LogP contribution < -0.4 is 10.6 Å². The van der Waals surface area contributed by atoms with Crippen molar-refractivity contribution < 1.29 is 13.6 Å². The van der Waals surface area contributed by atoms with Crippen LogP contribution in [0, 0.1) is 17.6 Å². The summed E-state index contributed by atoms with van der Waals surface area (Å²) < 4.78 is 26.3. The fourth-order valence-corrected chi connectivity index (χ4v) is 2.31. The Bertz CT molecular complexity index is 445. The second-order valence-corrected chi connectivity index (χ2v) is 4.93. The SMILES string of the molecule is O=C(CC1CCCNC1)NCc1cc(F)ccc1F. The number of carbonyl (C=O) groups excluding carboxylic acids is 1. The maximum absolute atomic E-state index is 13.4. The molecule has 2 N–H and O–H groups in total. The van der Waals surface area contributed by atoms with Gasteiger partial charge in [-0.1, -0.05) is 0 Å². The molecule has 1 aromatic rings. The smallest absolute Gasteiger partial charge is 0.220 e. The normalized spacial score (nSPS) is 19.2. The van der Waals surface area contributed by atoms with E-state index >= 15 is 0 Å². The molecule has 1 amide bonds. The highest BCUT2D eigenvalue weighted by Gasteiger charge is 2.16. The first-order chi connectivity index (χ1) is 9.15. The monoisotopic (exact) mass is 268 g/mol. The van der Waals surface area contributed by atoms with Crippen LogP contribution in [0.5, 0.6) is 0 Å². The molecule has 0 radical (unpaired) electrons. The van der Waals surface area contributed by atoms with Crippen LogP contribution in [0.4, 0.5) is 8.78 Å². The zero-order valence-electron chi connectivity index (χ0n) is 10.7. The lowest BCUT2D eigenvalue weighted by Crippen LogP contribution is -2.34. The van der Waals surface area contributed by atoms with E-state index in [2.05, 4.69) is 10.6 Å². The van der Waals surface area contributed by atoms with Crippen molar-refractivity contribution in [2.45, 2.75) is 25.8 Å². The second kappa shape index (κ2) is 6.61. The molecule has 1 atom stereocenters. The summed E-state index contributed by atoms with van der Waals surface area (Å²) in [4.78, 5) is 11.7. The number of benzene rings is 1. The number of hydrogen-bond donors (Lipinski definition) is 2. The molecular formula is C14H18F2N2O. The third-order valence-corrected chi connectivity index (χ3v) is 3.36. The van der Waals surface area contributed by atoms with E-state index in [1.165, 1.54) is 0 Å². The minimum absolute atomic E-state index is 0.0303. The van der Waals surface area contributed by atoms with Gasteiger partial charge in [0.2, 0.25) is 5.91 Å². The van der Waals surface area contributed by atoms with Crippen LogP contribution in [0.15, 0.2) is 18.2 Å². The zero-order valence-corrected chi connectivity index (χ0v) is 10.7. The first-order valence-electron chi connectivity index (χ1n) is 6.56. The van der Waals surface area contributed by atoms with Gasteiger partial charge >= 0.3 is 0 Å². The van der Waals surface area contributed by atoms with Crippen molar-refractivity contribution in [2.75, 3.05) is 13.1 Å². The summed E-state index contributed by atoms with van der Waals surface area (Å²) in [6.45, 7) is 1.89. The Morgan fingerprint density at radius 1 is 1.42 bits per heavy atom. The number of nitrogens with one attached hydrogen (secondary N) is 2. The number of hydrogen-bond acceptors (Lipinski definition) is 2. The van der Waals surface area contributed by atoms with Crippen molar-refractivity contribution in [3.63, 3.8) is 0 Å². The predicted octanol–water partition coefficient (Wildman–Crippen LogP) is 1.97. The van der Waals surface area contributed by atoms with Crippen LogP contribution in [0.2, 0.25) is 0 Å². The van der Waals surface area contributed by atoms with Gasteiger partial charge in [0.15, 0.2) is 0 Å². The molecule has 19 heavy (non-hydrogen) atoms. The summed E-state index contributed by atoms with van der Waals surface area (Å²) in [6.07, 6.45) is 2.55. The highest BCUT2D eigenvalue weighted by atomic mass is 19.1. The molecular weight excluding hydrogens is 250 g/mol. The third kappa shape index (κ3) is 4.28. The maximum atomic E-state index is 13.4. The summed E-state index contributed by atoms with van der Waals surface area (Å²) in [5.41, 5.74) is 0.176. The molecule has 1 fully saturated rings. The molecule has 0 bridgehead atoms. The summed E-state index contributed by atoms with van der Waals surface area (Å²) in [7, 11) is 0. The molecule has 0 spiro atoms. The molecule has 5 heteroatoms. The minimum atomic E-state index is -0.499. The quantitative estimate of drug-likeness (QED) is 0.876. The second-order valence-electron chi connectivity index (χ2n) is 4.93. The van der Waals surface area contributed by atoms with E-state index in [0.29, 0.717) is 12.3 Å². The summed E-state index contributed by atoms with van der Waals surface area (Å²) in [6, 6.07) is 3.24. The van der Waals surface area contributed by atoms with E-state index < -0.39 is 11.6 Å². The Balaban J connectivity index is 1.81. The van der Waals surface area contributed by atoms with E-state index in [1.54, 1.807) is 0 Å². The van der Waals surface area contributed by atoms with Crippen molar-refractivity contribution in [3.8, 4) is 0 Å². The van der Waals surface area contributed by atoms with Crippen LogP contribution in [0.3, 0.4) is 0 Å². The fourth-order valence-electron chi connectivity index (χ4n) is 2.31. The minimum Gasteiger partial charge on any atom is -0.352 e. The molecule has 1 heterocycles. The van der Waals surface area contributed by atoms with Gasteiger partial charge in [-0.15, -0.1) is 0 Å². The first-order valence-corrected chi connectivity index (χ1v) is 6.56. The molecule has 3 nitrogen and oxygen atoms in total. The van der Waals surface area contributed by atoms with E-state index in [1.807, 2.05) is 0 Å². The Hall–Kier alpha value is -1.49. The molecule has 2 rings (SSSR count). The van der Waals surface area contributed by atoms with Crippen molar-refractivity contribution in [1.82, 2.24) is 10.6 Å². The Morgan fingerprint density at radius 2 is 2.26 bits per heavy atom. The average Bonchev–Trinajstić information content (AvgIpc) is 2.41. The van der Waals surface area contributed by atoms with E-state index in [0.717, 1.165) is 44.1 Å². The van der Waals surface area contributed by atoms with Gasteiger partial charge in [-0.2, -0.15) is 0 Å². The molecule has 1 unspecified atom stereocenters. The molecule has 1 aromatic carbocycles. The molecule has 1 saturated heterocycles. The van der Waals surface area contributed by atoms with Crippen molar-refractivity contribution in [3.05, 3.63) is 35.4 Å².